The van der Waals surface area contributed by atoms with Crippen LogP contribution in [0, 0.1) is 0 Å². The zero-order valence-corrected chi connectivity index (χ0v) is 16.6. The average Bonchev–Trinajstić information content (AvgIpc) is 2.94. The molecule has 5 N–H and O–H groups in total. The van der Waals surface area contributed by atoms with Crippen molar-refractivity contribution in [3.63, 3.8) is 0 Å². The maximum atomic E-state index is 12.4. The number of carbonyl (C=O) groups excluding carboxylic acids is 1. The van der Waals surface area contributed by atoms with Gasteiger partial charge in [0.05, 0.1) is 4.90 Å². The van der Waals surface area contributed by atoms with Gasteiger partial charge in [-0.25, -0.2) is 18.2 Å². The quantitative estimate of drug-likeness (QED) is 0.504. The SMILES string of the molecule is Cn1nc(S(N)(=O)=O)sc1=NS(=O)(=O)c1ccc(NC(=O)CCCN)cc1. The number of nitrogens with two attached hydrogens (primary N) is 2. The van der Waals surface area contributed by atoms with Gasteiger partial charge in [-0.3, -0.25) is 4.79 Å². The fraction of sp³-hybridized carbons (Fsp3) is 0.308. The number of benzene rings is 1. The number of hydrogen-bond donors (Lipinski definition) is 3. The molecule has 0 unspecified atom stereocenters. The van der Waals surface area contributed by atoms with Crippen LogP contribution in [-0.4, -0.2) is 39.1 Å². The summed E-state index contributed by atoms with van der Waals surface area (Å²) in [4.78, 5) is 11.4. The van der Waals surface area contributed by atoms with Gasteiger partial charge >= 0.3 is 0 Å². The lowest BCUT2D eigenvalue weighted by Crippen LogP contribution is -2.15. The van der Waals surface area contributed by atoms with Crippen LogP contribution in [0.15, 0.2) is 37.9 Å². The van der Waals surface area contributed by atoms with Gasteiger partial charge in [-0.1, -0.05) is 11.3 Å². The predicted molar refractivity (Wildman–Crippen MR) is 98.6 cm³/mol. The minimum atomic E-state index is -4.12. The molecule has 0 aliphatic heterocycles. The lowest BCUT2D eigenvalue weighted by atomic mass is 10.2. The molecule has 0 atom stereocenters. The summed E-state index contributed by atoms with van der Waals surface area (Å²) in [5, 5.41) is 11.2. The molecule has 0 spiro atoms. The van der Waals surface area contributed by atoms with E-state index in [0.717, 1.165) is 4.68 Å². The lowest BCUT2D eigenvalue weighted by Gasteiger charge is -2.05. The number of primary sulfonamides is 1. The Kier molecular flexibility index (Phi) is 6.48. The molecule has 1 aromatic heterocycles. The number of carbonyl (C=O) groups is 1. The van der Waals surface area contributed by atoms with Crippen molar-refractivity contribution in [2.45, 2.75) is 22.1 Å². The molecular formula is C13H18N6O5S3. The molecule has 1 amide bonds. The highest BCUT2D eigenvalue weighted by Crippen LogP contribution is 2.16. The second-order valence-corrected chi connectivity index (χ2v) is 9.65. The Morgan fingerprint density at radius 1 is 1.26 bits per heavy atom. The van der Waals surface area contributed by atoms with Crippen molar-refractivity contribution in [3.8, 4) is 0 Å². The molecule has 0 aliphatic carbocycles. The number of aryl methyl sites for hydroxylation is 1. The normalized spacial score (nSPS) is 12.9. The number of anilines is 1. The zero-order chi connectivity index (χ0) is 20.2. The van der Waals surface area contributed by atoms with Crippen molar-refractivity contribution in [3.05, 3.63) is 29.1 Å². The van der Waals surface area contributed by atoms with Gasteiger partial charge in [0.25, 0.3) is 20.0 Å². The predicted octanol–water partition coefficient (Wildman–Crippen LogP) is -0.904. The summed E-state index contributed by atoms with van der Waals surface area (Å²) in [6.45, 7) is 0.397. The van der Waals surface area contributed by atoms with Crippen molar-refractivity contribution in [1.82, 2.24) is 9.78 Å². The third-order valence-corrected chi connectivity index (χ3v) is 6.88. The summed E-state index contributed by atoms with van der Waals surface area (Å²) in [6.07, 6.45) is 0.809. The molecule has 27 heavy (non-hydrogen) atoms. The van der Waals surface area contributed by atoms with Crippen LogP contribution in [0.1, 0.15) is 12.8 Å². The molecule has 0 saturated carbocycles. The van der Waals surface area contributed by atoms with Crippen LogP contribution in [0.3, 0.4) is 0 Å². The number of nitrogens with one attached hydrogen (secondary N) is 1. The Morgan fingerprint density at radius 3 is 2.41 bits per heavy atom. The van der Waals surface area contributed by atoms with Gasteiger partial charge in [0.2, 0.25) is 15.0 Å². The zero-order valence-electron chi connectivity index (χ0n) is 14.2. The van der Waals surface area contributed by atoms with Gasteiger partial charge in [0.15, 0.2) is 0 Å². The Labute approximate surface area is 159 Å². The molecule has 1 aromatic carbocycles. The number of aromatic nitrogens is 2. The van der Waals surface area contributed by atoms with E-state index >= 15 is 0 Å². The van der Waals surface area contributed by atoms with Gasteiger partial charge in [-0.2, -0.15) is 8.42 Å². The summed E-state index contributed by atoms with van der Waals surface area (Å²) < 4.78 is 51.6. The third-order valence-electron chi connectivity index (χ3n) is 3.17. The van der Waals surface area contributed by atoms with Crippen LogP contribution in [0.25, 0.3) is 0 Å². The highest BCUT2D eigenvalue weighted by atomic mass is 32.2. The van der Waals surface area contributed by atoms with E-state index in [0.29, 0.717) is 30.0 Å². The van der Waals surface area contributed by atoms with Crippen LogP contribution in [0.2, 0.25) is 0 Å². The minimum absolute atomic E-state index is 0.131. The molecule has 0 fully saturated rings. The lowest BCUT2D eigenvalue weighted by molar-refractivity contribution is -0.116. The molecule has 0 aliphatic rings. The van der Waals surface area contributed by atoms with Crippen molar-refractivity contribution < 1.29 is 21.6 Å². The molecule has 0 radical (unpaired) electrons. The number of rotatable bonds is 7. The smallest absolute Gasteiger partial charge is 0.285 e. The van der Waals surface area contributed by atoms with Crippen molar-refractivity contribution >= 4 is 43.0 Å². The van der Waals surface area contributed by atoms with Crippen LogP contribution in [0.5, 0.6) is 0 Å². The molecule has 1 heterocycles. The van der Waals surface area contributed by atoms with Gasteiger partial charge in [0, 0.05) is 19.2 Å². The molecule has 0 bridgehead atoms. The minimum Gasteiger partial charge on any atom is -0.330 e. The standard InChI is InChI=1S/C13H18N6O5S3/c1-19-12(25-13(17-19)26(15,21)22)18-27(23,24)10-6-4-9(5-7-10)16-11(20)3-2-8-14/h4-7H,2-3,8,14H2,1H3,(H,16,20)(H2,15,21,22). The molecule has 2 rings (SSSR count). The molecule has 11 nitrogen and oxygen atoms in total. The summed E-state index contributed by atoms with van der Waals surface area (Å²) in [6, 6.07) is 5.40. The van der Waals surface area contributed by atoms with E-state index in [-0.39, 0.29) is 22.0 Å². The topological polar surface area (TPSA) is 180 Å². The van der Waals surface area contributed by atoms with Crippen LogP contribution in [-0.2, 0) is 31.9 Å². The first-order valence-electron chi connectivity index (χ1n) is 7.51. The Hall–Kier alpha value is -2.13. The number of nitrogens with zero attached hydrogens (tertiary/aromatic N) is 3. The number of amides is 1. The van der Waals surface area contributed by atoms with Gasteiger partial charge < -0.3 is 11.1 Å². The molecule has 148 valence electrons. The summed E-state index contributed by atoms with van der Waals surface area (Å²) >= 11 is 0.533. The van der Waals surface area contributed by atoms with Gasteiger partial charge in [0.1, 0.15) is 0 Å². The van der Waals surface area contributed by atoms with Crippen molar-refractivity contribution in [2.24, 2.45) is 22.3 Å². The van der Waals surface area contributed by atoms with E-state index in [2.05, 4.69) is 14.8 Å². The first kappa shape index (κ1) is 21.2. The fourth-order valence-electron chi connectivity index (χ4n) is 1.87. The van der Waals surface area contributed by atoms with E-state index in [1.54, 1.807) is 0 Å². The monoisotopic (exact) mass is 434 g/mol. The molecule has 2 aromatic rings. The number of hydrogen-bond acceptors (Lipinski definition) is 8. The Bertz CT molecular complexity index is 1100. The third kappa shape index (κ3) is 5.67. The maximum Gasteiger partial charge on any atom is 0.285 e. The van der Waals surface area contributed by atoms with Gasteiger partial charge in [-0.05, 0) is 37.2 Å². The molecule has 14 heteroatoms. The van der Waals surface area contributed by atoms with E-state index in [4.69, 9.17) is 10.9 Å². The first-order chi connectivity index (χ1) is 12.5. The van der Waals surface area contributed by atoms with E-state index < -0.39 is 24.4 Å². The summed E-state index contributed by atoms with van der Waals surface area (Å²) in [5.74, 6) is -0.229. The maximum absolute atomic E-state index is 12.4. The van der Waals surface area contributed by atoms with Crippen LogP contribution >= 0.6 is 11.3 Å². The fourth-order valence-corrected chi connectivity index (χ4v) is 4.64. The van der Waals surface area contributed by atoms with Crippen molar-refractivity contribution in [2.75, 3.05) is 11.9 Å². The van der Waals surface area contributed by atoms with E-state index in [1.165, 1.54) is 31.3 Å². The number of sulfonamides is 2. The van der Waals surface area contributed by atoms with Crippen LogP contribution < -0.4 is 21.0 Å². The van der Waals surface area contributed by atoms with E-state index in [9.17, 15) is 21.6 Å². The average molecular weight is 435 g/mol. The second-order valence-electron chi connectivity index (χ2n) is 5.35. The van der Waals surface area contributed by atoms with Gasteiger partial charge in [-0.15, -0.1) is 9.50 Å². The highest BCUT2D eigenvalue weighted by molar-refractivity contribution is 7.91. The largest absolute Gasteiger partial charge is 0.330 e. The molecule has 0 saturated heterocycles. The molecular weight excluding hydrogens is 416 g/mol. The van der Waals surface area contributed by atoms with Crippen molar-refractivity contribution in [1.29, 1.82) is 0 Å². The summed E-state index contributed by atoms with van der Waals surface area (Å²) in [7, 11) is -6.84. The Balaban J connectivity index is 2.27. The van der Waals surface area contributed by atoms with Crippen LogP contribution in [0.4, 0.5) is 5.69 Å². The highest BCUT2D eigenvalue weighted by Gasteiger charge is 2.18. The second kappa shape index (κ2) is 8.26. The first-order valence-corrected chi connectivity index (χ1v) is 11.3. The van der Waals surface area contributed by atoms with E-state index in [1.807, 2.05) is 0 Å². The Morgan fingerprint density at radius 2 is 1.89 bits per heavy atom. The summed E-state index contributed by atoms with van der Waals surface area (Å²) in [5.41, 5.74) is 5.76.